The molecular formula is C8H8Br2OS. The third-order valence-corrected chi connectivity index (χ3v) is 3.67. The van der Waals surface area contributed by atoms with Gasteiger partial charge in [-0.3, -0.25) is 4.79 Å². The fourth-order valence-electron chi connectivity index (χ4n) is 0.810. The average molecular weight is 312 g/mol. The van der Waals surface area contributed by atoms with Gasteiger partial charge in [0.2, 0.25) is 0 Å². The number of Topliss-reactive ketones (excluding diaryl/α,β-unsaturated/α-hetero) is 1. The maximum Gasteiger partial charge on any atom is 0.172 e. The molecule has 0 spiro atoms. The van der Waals surface area contributed by atoms with Crippen molar-refractivity contribution in [1.29, 1.82) is 0 Å². The Morgan fingerprint density at radius 3 is 2.83 bits per heavy atom. The predicted octanol–water partition coefficient (Wildman–Crippen LogP) is 3.87. The van der Waals surface area contributed by atoms with Gasteiger partial charge >= 0.3 is 0 Å². The number of alkyl halides is 1. The van der Waals surface area contributed by atoms with Crippen LogP contribution in [0.15, 0.2) is 15.9 Å². The molecule has 1 heterocycles. The summed E-state index contributed by atoms with van der Waals surface area (Å²) in [5.41, 5.74) is 0. The van der Waals surface area contributed by atoms with E-state index in [9.17, 15) is 4.79 Å². The standard InChI is InChI=1S/C8H8Br2OS/c9-3-1-2-7(11)8-4-6(10)5-12-8/h4-5H,1-3H2. The van der Waals surface area contributed by atoms with Gasteiger partial charge in [-0.1, -0.05) is 15.9 Å². The molecule has 1 rings (SSSR count). The van der Waals surface area contributed by atoms with Crippen molar-refractivity contribution in [2.75, 3.05) is 5.33 Å². The predicted molar refractivity (Wildman–Crippen MR) is 59.4 cm³/mol. The second-order valence-corrected chi connectivity index (χ2v) is 4.96. The molecule has 0 aromatic carbocycles. The highest BCUT2D eigenvalue weighted by atomic mass is 79.9. The van der Waals surface area contributed by atoms with Gasteiger partial charge in [0.25, 0.3) is 0 Å². The molecule has 12 heavy (non-hydrogen) atoms. The van der Waals surface area contributed by atoms with E-state index in [2.05, 4.69) is 31.9 Å². The summed E-state index contributed by atoms with van der Waals surface area (Å²) in [6, 6.07) is 1.88. The van der Waals surface area contributed by atoms with Gasteiger partial charge in [0.05, 0.1) is 4.88 Å². The Morgan fingerprint density at radius 2 is 2.33 bits per heavy atom. The van der Waals surface area contributed by atoms with Crippen molar-refractivity contribution in [1.82, 2.24) is 0 Å². The Bertz CT molecular complexity index is 270. The van der Waals surface area contributed by atoms with Crippen molar-refractivity contribution in [2.24, 2.45) is 0 Å². The summed E-state index contributed by atoms with van der Waals surface area (Å²) in [5.74, 6) is 0.241. The first-order chi connectivity index (χ1) is 5.74. The largest absolute Gasteiger partial charge is 0.293 e. The molecule has 0 aliphatic carbocycles. The van der Waals surface area contributed by atoms with Gasteiger partial charge < -0.3 is 0 Å². The minimum Gasteiger partial charge on any atom is -0.293 e. The number of carbonyl (C=O) groups is 1. The molecule has 0 radical (unpaired) electrons. The van der Waals surface area contributed by atoms with E-state index in [1.54, 1.807) is 0 Å². The number of carbonyl (C=O) groups excluding carboxylic acids is 1. The summed E-state index contributed by atoms with van der Waals surface area (Å²) in [6.07, 6.45) is 1.55. The number of thiophene rings is 1. The molecule has 0 aliphatic rings. The molecule has 1 nitrogen and oxygen atoms in total. The van der Waals surface area contributed by atoms with Crippen LogP contribution in [0.1, 0.15) is 22.5 Å². The summed E-state index contributed by atoms with van der Waals surface area (Å²) < 4.78 is 0.995. The molecule has 66 valence electrons. The van der Waals surface area contributed by atoms with E-state index in [4.69, 9.17) is 0 Å². The lowest BCUT2D eigenvalue weighted by atomic mass is 10.2. The highest BCUT2D eigenvalue weighted by Crippen LogP contribution is 2.21. The lowest BCUT2D eigenvalue weighted by Crippen LogP contribution is -1.95. The van der Waals surface area contributed by atoms with Crippen LogP contribution in [0, 0.1) is 0 Å². The van der Waals surface area contributed by atoms with Crippen molar-refractivity contribution in [3.05, 3.63) is 20.8 Å². The Labute approximate surface area is 92.4 Å². The zero-order chi connectivity index (χ0) is 8.97. The monoisotopic (exact) mass is 310 g/mol. The van der Waals surface area contributed by atoms with Crippen LogP contribution in [0.25, 0.3) is 0 Å². The number of ketones is 1. The topological polar surface area (TPSA) is 17.1 Å². The second kappa shape index (κ2) is 5.14. The quantitative estimate of drug-likeness (QED) is 0.609. The van der Waals surface area contributed by atoms with E-state index >= 15 is 0 Å². The lowest BCUT2D eigenvalue weighted by Gasteiger charge is -1.93. The fraction of sp³-hybridized carbons (Fsp3) is 0.375. The van der Waals surface area contributed by atoms with Crippen LogP contribution in [-0.4, -0.2) is 11.1 Å². The third kappa shape index (κ3) is 2.99. The van der Waals surface area contributed by atoms with Crippen molar-refractivity contribution in [3.63, 3.8) is 0 Å². The minimum absolute atomic E-state index is 0.241. The van der Waals surface area contributed by atoms with E-state index in [0.29, 0.717) is 6.42 Å². The van der Waals surface area contributed by atoms with Gasteiger partial charge in [-0.15, -0.1) is 11.3 Å². The molecule has 1 aromatic heterocycles. The lowest BCUT2D eigenvalue weighted by molar-refractivity contribution is 0.0986. The summed E-state index contributed by atoms with van der Waals surface area (Å²) in [6.45, 7) is 0. The van der Waals surface area contributed by atoms with Crippen molar-refractivity contribution < 1.29 is 4.79 Å². The van der Waals surface area contributed by atoms with Crippen LogP contribution in [0.3, 0.4) is 0 Å². The maximum absolute atomic E-state index is 11.4. The van der Waals surface area contributed by atoms with Gasteiger partial charge in [-0.05, 0) is 28.4 Å². The Hall–Kier alpha value is 0.330. The van der Waals surface area contributed by atoms with Gasteiger partial charge in [0.15, 0.2) is 5.78 Å². The number of halogens is 2. The first-order valence-corrected chi connectivity index (χ1v) is 6.36. The van der Waals surface area contributed by atoms with Gasteiger partial charge in [0.1, 0.15) is 0 Å². The number of hydrogen-bond donors (Lipinski definition) is 0. The molecular weight excluding hydrogens is 304 g/mol. The Morgan fingerprint density at radius 1 is 1.58 bits per heavy atom. The fourth-order valence-corrected chi connectivity index (χ4v) is 2.49. The van der Waals surface area contributed by atoms with Crippen LogP contribution in [-0.2, 0) is 0 Å². The van der Waals surface area contributed by atoms with Gasteiger partial charge in [-0.2, -0.15) is 0 Å². The van der Waals surface area contributed by atoms with Crippen LogP contribution >= 0.6 is 43.2 Å². The highest BCUT2D eigenvalue weighted by molar-refractivity contribution is 9.10. The van der Waals surface area contributed by atoms with Gasteiger partial charge in [0, 0.05) is 21.6 Å². The van der Waals surface area contributed by atoms with Crippen molar-refractivity contribution in [2.45, 2.75) is 12.8 Å². The molecule has 0 unspecified atom stereocenters. The first kappa shape index (κ1) is 10.4. The molecule has 0 atom stereocenters. The highest BCUT2D eigenvalue weighted by Gasteiger charge is 2.07. The second-order valence-electron chi connectivity index (χ2n) is 2.34. The van der Waals surface area contributed by atoms with E-state index in [-0.39, 0.29) is 5.78 Å². The molecule has 0 aliphatic heterocycles. The van der Waals surface area contributed by atoms with Crippen LogP contribution in [0.2, 0.25) is 0 Å². The minimum atomic E-state index is 0.241. The average Bonchev–Trinajstić information content (AvgIpc) is 2.47. The molecule has 0 amide bonds. The van der Waals surface area contributed by atoms with Crippen LogP contribution < -0.4 is 0 Å². The van der Waals surface area contributed by atoms with Crippen LogP contribution in [0.4, 0.5) is 0 Å². The van der Waals surface area contributed by atoms with E-state index in [1.807, 2.05) is 11.4 Å². The molecule has 0 fully saturated rings. The third-order valence-electron chi connectivity index (χ3n) is 1.38. The van der Waals surface area contributed by atoms with Gasteiger partial charge in [-0.25, -0.2) is 0 Å². The first-order valence-electron chi connectivity index (χ1n) is 3.57. The normalized spacial score (nSPS) is 10.2. The molecule has 0 saturated heterocycles. The van der Waals surface area contributed by atoms with Crippen molar-refractivity contribution in [3.8, 4) is 0 Å². The maximum atomic E-state index is 11.4. The smallest absolute Gasteiger partial charge is 0.172 e. The van der Waals surface area contributed by atoms with E-state index in [1.165, 1.54) is 11.3 Å². The molecule has 0 bridgehead atoms. The summed E-state index contributed by atoms with van der Waals surface area (Å²) in [4.78, 5) is 12.2. The van der Waals surface area contributed by atoms with Crippen LogP contribution in [0.5, 0.6) is 0 Å². The zero-order valence-electron chi connectivity index (χ0n) is 6.35. The number of hydrogen-bond acceptors (Lipinski definition) is 2. The summed E-state index contributed by atoms with van der Waals surface area (Å²) >= 11 is 8.11. The summed E-state index contributed by atoms with van der Waals surface area (Å²) in [5, 5.41) is 2.83. The van der Waals surface area contributed by atoms with E-state index in [0.717, 1.165) is 21.1 Å². The Kier molecular flexibility index (Phi) is 4.46. The zero-order valence-corrected chi connectivity index (χ0v) is 10.3. The SMILES string of the molecule is O=C(CCCBr)c1cc(Br)cs1. The molecule has 0 N–H and O–H groups in total. The molecule has 0 saturated carbocycles. The molecule has 4 heteroatoms. The van der Waals surface area contributed by atoms with E-state index < -0.39 is 0 Å². The summed E-state index contributed by atoms with van der Waals surface area (Å²) in [7, 11) is 0. The van der Waals surface area contributed by atoms with Crippen molar-refractivity contribution >= 4 is 49.0 Å². The molecule has 1 aromatic rings. The Balaban J connectivity index is 2.53. The number of rotatable bonds is 4.